The highest BCUT2D eigenvalue weighted by Gasteiger charge is 2.27. The Bertz CT molecular complexity index is 874. The van der Waals surface area contributed by atoms with Crippen LogP contribution in [-0.2, 0) is 5.41 Å². The van der Waals surface area contributed by atoms with E-state index in [1.54, 1.807) is 30.6 Å². The Morgan fingerprint density at radius 3 is 2.60 bits per heavy atom. The number of aromatic nitrogens is 3. The maximum atomic E-state index is 9.90. The number of imidazole rings is 1. The summed E-state index contributed by atoms with van der Waals surface area (Å²) in [6.45, 7) is 5.00. The fourth-order valence-electron chi connectivity index (χ4n) is 2.84. The fourth-order valence-corrected chi connectivity index (χ4v) is 3.05. The molecule has 5 nitrogen and oxygen atoms in total. The summed E-state index contributed by atoms with van der Waals surface area (Å²) in [7, 11) is 1.92. The Labute approximate surface area is 152 Å². The molecule has 3 N–H and O–H groups in total. The van der Waals surface area contributed by atoms with Crippen LogP contribution in [0.15, 0.2) is 42.7 Å². The predicted octanol–water partition coefficient (Wildman–Crippen LogP) is 3.99. The van der Waals surface area contributed by atoms with E-state index >= 15 is 0 Å². The van der Waals surface area contributed by atoms with Gasteiger partial charge < -0.3 is 15.4 Å². The number of nitrogens with zero attached hydrogens (tertiary/aromatic N) is 2. The van der Waals surface area contributed by atoms with Crippen LogP contribution in [0, 0.1) is 0 Å². The van der Waals surface area contributed by atoms with Crippen LogP contribution in [0.1, 0.15) is 19.7 Å². The minimum atomic E-state index is -0.196. The average molecular weight is 357 g/mol. The topological polar surface area (TPSA) is 73.8 Å². The number of benzene rings is 1. The Kier molecular flexibility index (Phi) is 4.79. The maximum Gasteiger partial charge on any atom is 0.116 e. The normalized spacial score (nSPS) is 11.7. The van der Waals surface area contributed by atoms with Gasteiger partial charge in [0.05, 0.1) is 16.4 Å². The smallest absolute Gasteiger partial charge is 0.116 e. The summed E-state index contributed by atoms with van der Waals surface area (Å²) in [5, 5.41) is 13.6. The zero-order valence-corrected chi connectivity index (χ0v) is 15.2. The van der Waals surface area contributed by atoms with Gasteiger partial charge in [-0.15, -0.1) is 0 Å². The highest BCUT2D eigenvalue weighted by Crippen LogP contribution is 2.37. The number of aromatic hydroxyl groups is 1. The second kappa shape index (κ2) is 6.86. The van der Waals surface area contributed by atoms with Gasteiger partial charge in [0.1, 0.15) is 11.6 Å². The average Bonchev–Trinajstić information content (AvgIpc) is 3.04. The monoisotopic (exact) mass is 356 g/mol. The molecule has 0 radical (unpaired) electrons. The van der Waals surface area contributed by atoms with Crippen LogP contribution in [-0.4, -0.2) is 33.7 Å². The molecule has 25 heavy (non-hydrogen) atoms. The number of likely N-dealkylation sites (N-methyl/N-ethyl adjacent to an activating group) is 1. The summed E-state index contributed by atoms with van der Waals surface area (Å²) < 4.78 is 0. The van der Waals surface area contributed by atoms with E-state index < -0.39 is 0 Å². The van der Waals surface area contributed by atoms with Gasteiger partial charge in [0.15, 0.2) is 0 Å². The minimum absolute atomic E-state index is 0.158. The first-order chi connectivity index (χ1) is 11.9. The van der Waals surface area contributed by atoms with E-state index in [4.69, 9.17) is 16.6 Å². The summed E-state index contributed by atoms with van der Waals surface area (Å²) in [6.07, 6.45) is 3.46. The van der Waals surface area contributed by atoms with Gasteiger partial charge in [-0.25, -0.2) is 4.98 Å². The molecular formula is C19H21ClN4O. The molecule has 2 aromatic heterocycles. The lowest BCUT2D eigenvalue weighted by Crippen LogP contribution is -2.31. The summed E-state index contributed by atoms with van der Waals surface area (Å²) in [6, 6.07) is 8.72. The molecule has 0 unspecified atom stereocenters. The van der Waals surface area contributed by atoms with Crippen molar-refractivity contribution in [3.05, 3.63) is 53.6 Å². The molecule has 2 heterocycles. The largest absolute Gasteiger partial charge is 0.508 e. The highest BCUT2D eigenvalue weighted by molar-refractivity contribution is 6.33. The fraction of sp³-hybridized carbons (Fsp3) is 0.263. The first-order valence-corrected chi connectivity index (χ1v) is 8.44. The number of aromatic amines is 1. The van der Waals surface area contributed by atoms with E-state index in [9.17, 15) is 5.11 Å². The molecule has 3 rings (SSSR count). The van der Waals surface area contributed by atoms with Gasteiger partial charge in [0.25, 0.3) is 0 Å². The minimum Gasteiger partial charge on any atom is -0.508 e. The molecule has 0 saturated carbocycles. The van der Waals surface area contributed by atoms with Gasteiger partial charge in [-0.2, -0.15) is 0 Å². The number of halogens is 1. The lowest BCUT2D eigenvalue weighted by molar-refractivity contribution is 0.469. The van der Waals surface area contributed by atoms with Crippen molar-refractivity contribution in [1.29, 1.82) is 0 Å². The van der Waals surface area contributed by atoms with E-state index in [0.717, 1.165) is 29.3 Å². The van der Waals surface area contributed by atoms with Gasteiger partial charge in [-0.1, -0.05) is 25.4 Å². The molecule has 130 valence electrons. The molecule has 0 spiro atoms. The van der Waals surface area contributed by atoms with E-state index in [2.05, 4.69) is 29.1 Å². The molecule has 0 aliphatic rings. The van der Waals surface area contributed by atoms with Crippen molar-refractivity contribution in [3.63, 3.8) is 0 Å². The second-order valence-corrected chi connectivity index (χ2v) is 7.03. The van der Waals surface area contributed by atoms with E-state index in [1.807, 2.05) is 19.2 Å². The molecule has 0 aliphatic carbocycles. The standard InChI is InChI=1S/C19H21ClN4O/c1-19(2,11-21-3)18-23-16(12-6-8-22-9-7-12)17(24-18)14-10-13(25)4-5-15(14)20/h4-10,21,25H,11H2,1-3H3,(H,23,24). The summed E-state index contributed by atoms with van der Waals surface area (Å²) in [5.41, 5.74) is 3.03. The van der Waals surface area contributed by atoms with E-state index in [0.29, 0.717) is 10.6 Å². The van der Waals surface area contributed by atoms with Crippen LogP contribution in [0.3, 0.4) is 0 Å². The summed E-state index contributed by atoms with van der Waals surface area (Å²) in [4.78, 5) is 12.4. The van der Waals surface area contributed by atoms with Crippen molar-refractivity contribution in [1.82, 2.24) is 20.3 Å². The molecule has 6 heteroatoms. The summed E-state index contributed by atoms with van der Waals surface area (Å²) >= 11 is 6.39. The molecule has 1 aromatic carbocycles. The quantitative estimate of drug-likeness (QED) is 0.646. The summed E-state index contributed by atoms with van der Waals surface area (Å²) in [5.74, 6) is 1.01. The van der Waals surface area contributed by atoms with Crippen molar-refractivity contribution < 1.29 is 5.11 Å². The Balaban J connectivity index is 2.22. The Morgan fingerprint density at radius 1 is 1.20 bits per heavy atom. The van der Waals surface area contributed by atoms with Gasteiger partial charge in [-0.3, -0.25) is 4.98 Å². The van der Waals surface area contributed by atoms with Gasteiger partial charge in [-0.05, 0) is 37.4 Å². The molecule has 0 fully saturated rings. The third-order valence-corrected chi connectivity index (χ3v) is 4.47. The van der Waals surface area contributed by atoms with Crippen molar-refractivity contribution in [3.8, 4) is 28.3 Å². The zero-order chi connectivity index (χ0) is 18.0. The third kappa shape index (κ3) is 3.52. The lowest BCUT2D eigenvalue weighted by Gasteiger charge is -2.21. The number of pyridine rings is 1. The first-order valence-electron chi connectivity index (χ1n) is 8.07. The Morgan fingerprint density at radius 2 is 1.92 bits per heavy atom. The highest BCUT2D eigenvalue weighted by atomic mass is 35.5. The van der Waals surface area contributed by atoms with Crippen LogP contribution < -0.4 is 5.32 Å². The molecule has 0 aliphatic heterocycles. The van der Waals surface area contributed by atoms with E-state index in [1.165, 1.54) is 0 Å². The maximum absolute atomic E-state index is 9.90. The Hall–Kier alpha value is -2.37. The number of nitrogens with one attached hydrogen (secondary N) is 2. The number of hydrogen-bond donors (Lipinski definition) is 3. The lowest BCUT2D eigenvalue weighted by atomic mass is 9.93. The SMILES string of the molecule is CNCC(C)(C)c1nc(-c2ccncc2)c(-c2cc(O)ccc2Cl)[nH]1. The van der Waals surface area contributed by atoms with Gasteiger partial charge in [0.2, 0.25) is 0 Å². The van der Waals surface area contributed by atoms with Crippen molar-refractivity contribution in [2.45, 2.75) is 19.3 Å². The number of rotatable bonds is 5. The second-order valence-electron chi connectivity index (χ2n) is 6.62. The van der Waals surface area contributed by atoms with Gasteiger partial charge >= 0.3 is 0 Å². The third-order valence-electron chi connectivity index (χ3n) is 4.14. The van der Waals surface area contributed by atoms with Crippen molar-refractivity contribution in [2.24, 2.45) is 0 Å². The number of H-pyrrole nitrogens is 1. The molecule has 0 atom stereocenters. The van der Waals surface area contributed by atoms with Crippen LogP contribution >= 0.6 is 11.6 Å². The van der Waals surface area contributed by atoms with Crippen LogP contribution in [0.4, 0.5) is 0 Å². The molecule has 3 aromatic rings. The van der Waals surface area contributed by atoms with Crippen molar-refractivity contribution in [2.75, 3.05) is 13.6 Å². The molecular weight excluding hydrogens is 336 g/mol. The van der Waals surface area contributed by atoms with Crippen LogP contribution in [0.25, 0.3) is 22.5 Å². The van der Waals surface area contributed by atoms with Crippen LogP contribution in [0.2, 0.25) is 5.02 Å². The molecule has 0 bridgehead atoms. The number of phenolic OH excluding ortho intramolecular Hbond substituents is 1. The van der Waals surface area contributed by atoms with Crippen LogP contribution in [0.5, 0.6) is 5.75 Å². The molecule has 0 saturated heterocycles. The molecule has 0 amide bonds. The van der Waals surface area contributed by atoms with E-state index in [-0.39, 0.29) is 11.2 Å². The first kappa shape index (κ1) is 17.5. The van der Waals surface area contributed by atoms with Crippen molar-refractivity contribution >= 4 is 11.6 Å². The zero-order valence-electron chi connectivity index (χ0n) is 14.5. The predicted molar refractivity (Wildman–Crippen MR) is 101 cm³/mol. The number of phenols is 1. The van der Waals surface area contributed by atoms with Gasteiger partial charge in [0, 0.05) is 35.5 Å². The number of hydrogen-bond acceptors (Lipinski definition) is 4.